The van der Waals surface area contributed by atoms with Crippen LogP contribution in [-0.2, 0) is 14.3 Å². The lowest BCUT2D eigenvalue weighted by atomic mass is 9.84. The number of ether oxygens (including phenoxy) is 1. The first-order valence-electron chi connectivity index (χ1n) is 14.0. The van der Waals surface area contributed by atoms with E-state index < -0.39 is 16.4 Å². The van der Waals surface area contributed by atoms with Crippen molar-refractivity contribution in [3.63, 3.8) is 0 Å². The van der Waals surface area contributed by atoms with Gasteiger partial charge in [0, 0.05) is 23.0 Å². The van der Waals surface area contributed by atoms with E-state index in [4.69, 9.17) is 16.3 Å². The zero-order valence-electron chi connectivity index (χ0n) is 24.1. The summed E-state index contributed by atoms with van der Waals surface area (Å²) in [6, 6.07) is 38.3. The minimum atomic E-state index is -0.691. The van der Waals surface area contributed by atoms with E-state index in [1.807, 2.05) is 51.1 Å². The van der Waals surface area contributed by atoms with Gasteiger partial charge in [0.1, 0.15) is 12.1 Å². The van der Waals surface area contributed by atoms with E-state index in [2.05, 4.69) is 72.8 Å². The van der Waals surface area contributed by atoms with Crippen molar-refractivity contribution in [1.29, 1.82) is 0 Å². The molecule has 1 aliphatic rings. The van der Waals surface area contributed by atoms with E-state index in [0.29, 0.717) is 23.0 Å². The second-order valence-electron chi connectivity index (χ2n) is 11.3. The summed E-state index contributed by atoms with van der Waals surface area (Å²) in [7, 11) is 0. The molecule has 1 fully saturated rings. The summed E-state index contributed by atoms with van der Waals surface area (Å²) in [5, 5.41) is 0.553. The molecule has 5 rings (SSSR count). The molecule has 5 nitrogen and oxygen atoms in total. The zero-order chi connectivity index (χ0) is 29.7. The standard InChI is InChI=1S/C35H35ClN2O3S/c1-34(2,3)41-33(40)38-24-32(39)37(30-21-13-20-29(36)22-30)23-31(38)25-42-35(26-14-7-4-8-15-26,27-16-9-5-10-17-27)28-18-11-6-12-19-28/h4-22,31H,23-25H2,1-3H3/t31-/m1/s1. The Morgan fingerprint density at radius 1 is 0.833 bits per heavy atom. The smallest absolute Gasteiger partial charge is 0.411 e. The Kier molecular flexibility index (Phi) is 8.95. The van der Waals surface area contributed by atoms with Crippen molar-refractivity contribution in [3.8, 4) is 0 Å². The molecule has 0 aliphatic carbocycles. The molecule has 0 radical (unpaired) electrons. The van der Waals surface area contributed by atoms with Crippen molar-refractivity contribution in [2.45, 2.75) is 37.2 Å². The number of halogens is 1. The zero-order valence-corrected chi connectivity index (χ0v) is 25.6. The van der Waals surface area contributed by atoms with Gasteiger partial charge in [-0.15, -0.1) is 11.8 Å². The number of hydrogen-bond donors (Lipinski definition) is 0. The molecule has 216 valence electrons. The highest BCUT2D eigenvalue weighted by Gasteiger charge is 2.42. The molecule has 0 aromatic heterocycles. The first-order valence-corrected chi connectivity index (χ1v) is 15.4. The van der Waals surface area contributed by atoms with Crippen LogP contribution in [0.4, 0.5) is 10.5 Å². The Hall–Kier alpha value is -3.74. The van der Waals surface area contributed by atoms with Gasteiger partial charge >= 0.3 is 6.09 Å². The van der Waals surface area contributed by atoms with Crippen LogP contribution in [0.5, 0.6) is 0 Å². The van der Waals surface area contributed by atoms with Gasteiger partial charge in [0.2, 0.25) is 5.91 Å². The third-order valence-electron chi connectivity index (χ3n) is 7.22. The highest BCUT2D eigenvalue weighted by molar-refractivity contribution is 8.00. The minimum absolute atomic E-state index is 0.0817. The predicted octanol–water partition coefficient (Wildman–Crippen LogP) is 8.02. The van der Waals surface area contributed by atoms with Crippen LogP contribution in [0, 0.1) is 0 Å². The summed E-state index contributed by atoms with van der Waals surface area (Å²) in [4.78, 5) is 30.2. The predicted molar refractivity (Wildman–Crippen MR) is 172 cm³/mol. The minimum Gasteiger partial charge on any atom is -0.444 e. The van der Waals surface area contributed by atoms with E-state index in [1.54, 1.807) is 33.7 Å². The number of piperazine rings is 1. The lowest BCUT2D eigenvalue weighted by Crippen LogP contribution is -2.60. The summed E-state index contributed by atoms with van der Waals surface area (Å²) in [6.07, 6.45) is -0.489. The molecule has 1 heterocycles. The molecule has 2 amide bonds. The number of hydrogen-bond acceptors (Lipinski definition) is 4. The second-order valence-corrected chi connectivity index (χ2v) is 13.0. The van der Waals surface area contributed by atoms with Crippen molar-refractivity contribution < 1.29 is 14.3 Å². The number of benzene rings is 4. The Morgan fingerprint density at radius 3 is 1.83 bits per heavy atom. The first kappa shape index (κ1) is 29.7. The summed E-state index contributed by atoms with van der Waals surface area (Å²) in [5.41, 5.74) is 3.43. The lowest BCUT2D eigenvalue weighted by Gasteiger charge is -2.43. The third kappa shape index (κ3) is 6.50. The number of amides is 2. The molecule has 0 saturated carbocycles. The maximum atomic E-state index is 13.5. The van der Waals surface area contributed by atoms with Gasteiger partial charge in [-0.1, -0.05) is 109 Å². The summed E-state index contributed by atoms with van der Waals surface area (Å²) in [5.74, 6) is 0.368. The molecule has 0 bridgehead atoms. The SMILES string of the molecule is CC(C)(C)OC(=O)N1CC(=O)N(c2cccc(Cl)c2)C[C@@H]1CSC(c1ccccc1)(c1ccccc1)c1ccccc1. The van der Waals surface area contributed by atoms with Crippen LogP contribution < -0.4 is 4.90 Å². The van der Waals surface area contributed by atoms with E-state index in [-0.39, 0.29) is 18.5 Å². The highest BCUT2D eigenvalue weighted by Crippen LogP contribution is 2.49. The lowest BCUT2D eigenvalue weighted by molar-refractivity contribution is -0.122. The van der Waals surface area contributed by atoms with Crippen LogP contribution in [0.2, 0.25) is 5.02 Å². The average Bonchev–Trinajstić information content (AvgIpc) is 2.98. The molecule has 4 aromatic rings. The second kappa shape index (κ2) is 12.6. The number of carbonyl (C=O) groups is 2. The molecular weight excluding hydrogens is 564 g/mol. The highest BCUT2D eigenvalue weighted by atomic mass is 35.5. The molecule has 7 heteroatoms. The van der Waals surface area contributed by atoms with Crippen LogP contribution in [-0.4, -0.2) is 47.4 Å². The molecule has 0 unspecified atom stereocenters. The van der Waals surface area contributed by atoms with Crippen LogP contribution in [0.1, 0.15) is 37.5 Å². The Labute approximate surface area is 257 Å². The van der Waals surface area contributed by atoms with Crippen molar-refractivity contribution in [2.24, 2.45) is 0 Å². The van der Waals surface area contributed by atoms with Crippen molar-refractivity contribution in [2.75, 3.05) is 23.7 Å². The topological polar surface area (TPSA) is 49.9 Å². The maximum Gasteiger partial charge on any atom is 0.411 e. The summed E-state index contributed by atoms with van der Waals surface area (Å²) >= 11 is 8.06. The molecule has 1 saturated heterocycles. The van der Waals surface area contributed by atoms with Gasteiger partial charge in [-0.05, 0) is 55.7 Å². The molecular formula is C35H35ClN2O3S. The largest absolute Gasteiger partial charge is 0.444 e. The average molecular weight is 599 g/mol. The fourth-order valence-corrected chi connectivity index (χ4v) is 7.15. The van der Waals surface area contributed by atoms with Crippen molar-refractivity contribution in [3.05, 3.63) is 137 Å². The van der Waals surface area contributed by atoms with E-state index in [9.17, 15) is 9.59 Å². The van der Waals surface area contributed by atoms with Gasteiger partial charge in [-0.2, -0.15) is 0 Å². The monoisotopic (exact) mass is 598 g/mol. The quantitative estimate of drug-likeness (QED) is 0.202. The summed E-state index contributed by atoms with van der Waals surface area (Å²) < 4.78 is 5.22. The van der Waals surface area contributed by atoms with Crippen LogP contribution in [0.25, 0.3) is 0 Å². The van der Waals surface area contributed by atoms with Crippen LogP contribution >= 0.6 is 23.4 Å². The van der Waals surface area contributed by atoms with Crippen LogP contribution in [0.3, 0.4) is 0 Å². The van der Waals surface area contributed by atoms with E-state index in [1.165, 1.54) is 0 Å². The summed E-state index contributed by atoms with van der Waals surface area (Å²) in [6.45, 7) is 5.75. The molecule has 4 aromatic carbocycles. The fraction of sp³-hybridized carbons (Fsp3) is 0.257. The molecule has 0 N–H and O–H groups in total. The number of anilines is 1. The van der Waals surface area contributed by atoms with E-state index >= 15 is 0 Å². The van der Waals surface area contributed by atoms with Gasteiger partial charge in [0.05, 0.1) is 10.8 Å². The number of nitrogens with zero attached hydrogens (tertiary/aromatic N) is 2. The maximum absolute atomic E-state index is 13.5. The Morgan fingerprint density at radius 2 is 1.36 bits per heavy atom. The van der Waals surface area contributed by atoms with Gasteiger partial charge in [0.15, 0.2) is 0 Å². The van der Waals surface area contributed by atoms with Gasteiger partial charge in [-0.3, -0.25) is 9.69 Å². The third-order valence-corrected chi connectivity index (χ3v) is 9.15. The van der Waals surface area contributed by atoms with Gasteiger partial charge in [-0.25, -0.2) is 4.79 Å². The molecule has 42 heavy (non-hydrogen) atoms. The van der Waals surface area contributed by atoms with E-state index in [0.717, 1.165) is 16.7 Å². The van der Waals surface area contributed by atoms with Crippen LogP contribution in [0.15, 0.2) is 115 Å². The molecule has 1 atom stereocenters. The van der Waals surface area contributed by atoms with Gasteiger partial charge < -0.3 is 9.64 Å². The Balaban J connectivity index is 1.57. The Bertz CT molecular complexity index is 1410. The van der Waals surface area contributed by atoms with Gasteiger partial charge in [0.25, 0.3) is 0 Å². The fourth-order valence-electron chi connectivity index (χ4n) is 5.33. The first-order chi connectivity index (χ1) is 20.2. The molecule has 0 spiro atoms. The van der Waals surface area contributed by atoms with Crippen molar-refractivity contribution in [1.82, 2.24) is 4.90 Å². The van der Waals surface area contributed by atoms with Crippen molar-refractivity contribution >= 4 is 41.1 Å². The number of carbonyl (C=O) groups excluding carboxylic acids is 2. The number of thioether (sulfide) groups is 1. The number of rotatable bonds is 7. The normalized spacial score (nSPS) is 15.9. The molecule has 1 aliphatic heterocycles.